The molecular formula is C12H16O. The first-order valence-corrected chi connectivity index (χ1v) is 4.37. The van der Waals surface area contributed by atoms with Crippen LogP contribution in [0, 0.1) is 20.8 Å². The van der Waals surface area contributed by atoms with E-state index in [1.165, 1.54) is 16.7 Å². The van der Waals surface area contributed by atoms with Crippen molar-refractivity contribution in [2.45, 2.75) is 20.8 Å². The van der Waals surface area contributed by atoms with Crippen molar-refractivity contribution >= 4 is 5.76 Å². The number of hydrogen-bond acceptors (Lipinski definition) is 1. The van der Waals surface area contributed by atoms with E-state index in [0.29, 0.717) is 0 Å². The van der Waals surface area contributed by atoms with Crippen molar-refractivity contribution in [3.05, 3.63) is 41.0 Å². The maximum atomic E-state index is 5.14. The Hall–Kier alpha value is -1.24. The second-order valence-electron chi connectivity index (χ2n) is 3.40. The molecule has 0 heterocycles. The molecule has 1 aromatic carbocycles. The summed E-state index contributed by atoms with van der Waals surface area (Å²) in [5.74, 6) is 0.745. The third-order valence-electron chi connectivity index (χ3n) is 2.20. The molecular weight excluding hydrogens is 160 g/mol. The van der Waals surface area contributed by atoms with Gasteiger partial charge >= 0.3 is 0 Å². The predicted molar refractivity (Wildman–Crippen MR) is 56.7 cm³/mol. The molecule has 0 unspecified atom stereocenters. The zero-order valence-electron chi connectivity index (χ0n) is 8.77. The van der Waals surface area contributed by atoms with E-state index in [1.54, 1.807) is 7.11 Å². The first-order chi connectivity index (χ1) is 6.06. The van der Waals surface area contributed by atoms with E-state index in [0.717, 1.165) is 11.3 Å². The Kier molecular flexibility index (Phi) is 2.76. The molecule has 70 valence electrons. The van der Waals surface area contributed by atoms with Gasteiger partial charge in [0.1, 0.15) is 5.76 Å². The van der Waals surface area contributed by atoms with Crippen LogP contribution in [0.4, 0.5) is 0 Å². The maximum absolute atomic E-state index is 5.14. The van der Waals surface area contributed by atoms with Crippen LogP contribution >= 0.6 is 0 Å². The van der Waals surface area contributed by atoms with Crippen LogP contribution < -0.4 is 0 Å². The maximum Gasteiger partial charge on any atom is 0.119 e. The molecule has 0 spiro atoms. The van der Waals surface area contributed by atoms with Crippen LogP contribution in [0.15, 0.2) is 18.7 Å². The average molecular weight is 176 g/mol. The van der Waals surface area contributed by atoms with Crippen molar-refractivity contribution in [3.63, 3.8) is 0 Å². The molecule has 0 saturated carbocycles. The van der Waals surface area contributed by atoms with Crippen molar-refractivity contribution in [1.82, 2.24) is 0 Å². The van der Waals surface area contributed by atoms with Gasteiger partial charge in [0.15, 0.2) is 0 Å². The van der Waals surface area contributed by atoms with Gasteiger partial charge in [0.25, 0.3) is 0 Å². The van der Waals surface area contributed by atoms with Gasteiger partial charge in [-0.1, -0.05) is 24.3 Å². The second-order valence-corrected chi connectivity index (χ2v) is 3.40. The largest absolute Gasteiger partial charge is 0.497 e. The molecule has 0 amide bonds. The van der Waals surface area contributed by atoms with Crippen molar-refractivity contribution in [2.24, 2.45) is 0 Å². The quantitative estimate of drug-likeness (QED) is 0.629. The average Bonchev–Trinajstić information content (AvgIpc) is 2.02. The summed E-state index contributed by atoms with van der Waals surface area (Å²) >= 11 is 0. The lowest BCUT2D eigenvalue weighted by molar-refractivity contribution is 0.371. The molecule has 0 fully saturated rings. The summed E-state index contributed by atoms with van der Waals surface area (Å²) in [4.78, 5) is 0. The number of rotatable bonds is 2. The van der Waals surface area contributed by atoms with Crippen LogP contribution in [-0.4, -0.2) is 7.11 Å². The lowest BCUT2D eigenvalue weighted by Crippen LogP contribution is -1.95. The van der Waals surface area contributed by atoms with Gasteiger partial charge in [0, 0.05) is 5.56 Å². The van der Waals surface area contributed by atoms with E-state index in [9.17, 15) is 0 Å². The van der Waals surface area contributed by atoms with E-state index < -0.39 is 0 Å². The minimum Gasteiger partial charge on any atom is -0.497 e. The van der Waals surface area contributed by atoms with Crippen molar-refractivity contribution in [2.75, 3.05) is 7.11 Å². The monoisotopic (exact) mass is 176 g/mol. The normalized spacial score (nSPS) is 9.85. The minimum absolute atomic E-state index is 0.745. The van der Waals surface area contributed by atoms with Crippen LogP contribution in [0.2, 0.25) is 0 Å². The van der Waals surface area contributed by atoms with Crippen LogP contribution in [-0.2, 0) is 4.74 Å². The molecule has 0 aliphatic rings. The highest BCUT2D eigenvalue weighted by atomic mass is 16.5. The Bertz CT molecular complexity index is 314. The van der Waals surface area contributed by atoms with Gasteiger partial charge < -0.3 is 4.74 Å². The summed E-state index contributed by atoms with van der Waals surface area (Å²) in [5.41, 5.74) is 4.87. The highest BCUT2D eigenvalue weighted by molar-refractivity contribution is 5.64. The van der Waals surface area contributed by atoms with E-state index >= 15 is 0 Å². The molecule has 0 aromatic heterocycles. The van der Waals surface area contributed by atoms with E-state index in [1.807, 2.05) is 0 Å². The van der Waals surface area contributed by atoms with E-state index in [-0.39, 0.29) is 0 Å². The Labute approximate surface area is 80.0 Å². The van der Waals surface area contributed by atoms with Gasteiger partial charge in [-0.15, -0.1) is 0 Å². The molecule has 13 heavy (non-hydrogen) atoms. The zero-order valence-corrected chi connectivity index (χ0v) is 8.77. The number of benzene rings is 1. The van der Waals surface area contributed by atoms with E-state index in [4.69, 9.17) is 4.74 Å². The van der Waals surface area contributed by atoms with Crippen molar-refractivity contribution < 1.29 is 4.74 Å². The van der Waals surface area contributed by atoms with E-state index in [2.05, 4.69) is 39.5 Å². The first-order valence-electron chi connectivity index (χ1n) is 4.37. The summed E-state index contributed by atoms with van der Waals surface area (Å²) in [6.07, 6.45) is 0. The Morgan fingerprint density at radius 1 is 1.15 bits per heavy atom. The smallest absolute Gasteiger partial charge is 0.119 e. The molecule has 0 bridgehead atoms. The predicted octanol–water partition coefficient (Wildman–Crippen LogP) is 3.23. The topological polar surface area (TPSA) is 9.23 Å². The van der Waals surface area contributed by atoms with Crippen molar-refractivity contribution in [1.29, 1.82) is 0 Å². The molecule has 0 atom stereocenters. The number of ether oxygens (including phenoxy) is 1. The summed E-state index contributed by atoms with van der Waals surface area (Å²) in [6.45, 7) is 10.1. The van der Waals surface area contributed by atoms with Gasteiger partial charge in [-0.3, -0.25) is 0 Å². The molecule has 0 saturated heterocycles. The number of hydrogen-bond donors (Lipinski definition) is 0. The van der Waals surface area contributed by atoms with Gasteiger partial charge in [0.2, 0.25) is 0 Å². The molecule has 1 heteroatoms. The molecule has 0 aliphatic carbocycles. The summed E-state index contributed by atoms with van der Waals surface area (Å²) < 4.78 is 5.14. The molecule has 0 aliphatic heterocycles. The molecule has 1 nitrogen and oxygen atoms in total. The Morgan fingerprint density at radius 3 is 2.00 bits per heavy atom. The molecule has 1 aromatic rings. The van der Waals surface area contributed by atoms with Gasteiger partial charge in [0.05, 0.1) is 7.11 Å². The fraction of sp³-hybridized carbons (Fsp3) is 0.333. The highest BCUT2D eigenvalue weighted by Gasteiger charge is 2.06. The zero-order chi connectivity index (χ0) is 10.0. The van der Waals surface area contributed by atoms with Gasteiger partial charge in [-0.25, -0.2) is 0 Å². The summed E-state index contributed by atoms with van der Waals surface area (Å²) in [7, 11) is 1.65. The molecule has 1 rings (SSSR count). The first kappa shape index (κ1) is 9.85. The summed E-state index contributed by atoms with van der Waals surface area (Å²) in [6, 6.07) is 4.29. The van der Waals surface area contributed by atoms with Crippen molar-refractivity contribution in [3.8, 4) is 0 Å². The SMILES string of the molecule is C=C(OC)c1c(C)cc(C)cc1C. The molecule has 0 radical (unpaired) electrons. The third-order valence-corrected chi connectivity index (χ3v) is 2.20. The highest BCUT2D eigenvalue weighted by Crippen LogP contribution is 2.23. The van der Waals surface area contributed by atoms with Crippen LogP contribution in [0.3, 0.4) is 0 Å². The lowest BCUT2D eigenvalue weighted by Gasteiger charge is -2.12. The lowest BCUT2D eigenvalue weighted by atomic mass is 9.99. The van der Waals surface area contributed by atoms with Crippen LogP contribution in [0.25, 0.3) is 5.76 Å². The second kappa shape index (κ2) is 3.65. The Balaban J connectivity index is 3.28. The van der Waals surface area contributed by atoms with Crippen LogP contribution in [0.1, 0.15) is 22.3 Å². The minimum atomic E-state index is 0.745. The summed E-state index contributed by atoms with van der Waals surface area (Å²) in [5, 5.41) is 0. The number of methoxy groups -OCH3 is 1. The van der Waals surface area contributed by atoms with Gasteiger partial charge in [-0.05, 0) is 31.9 Å². The van der Waals surface area contributed by atoms with Gasteiger partial charge in [-0.2, -0.15) is 0 Å². The third kappa shape index (κ3) is 1.92. The standard InChI is InChI=1S/C12H16O/c1-8-6-9(2)12(10(3)7-8)11(4)13-5/h6-7H,4H2,1-3,5H3. The molecule has 0 N–H and O–H groups in total. The Morgan fingerprint density at radius 2 is 1.62 bits per heavy atom. The van der Waals surface area contributed by atoms with Crippen LogP contribution in [0.5, 0.6) is 0 Å². The number of aryl methyl sites for hydroxylation is 3. The fourth-order valence-corrected chi connectivity index (χ4v) is 1.72. The fourth-order valence-electron chi connectivity index (χ4n) is 1.72.